The van der Waals surface area contributed by atoms with Gasteiger partial charge in [-0.3, -0.25) is 9.78 Å². The highest BCUT2D eigenvalue weighted by Gasteiger charge is 2.37. The number of nitrogens with one attached hydrogen (secondary N) is 2. The maximum Gasteiger partial charge on any atom is 0.433 e. The Morgan fingerprint density at radius 1 is 1.17 bits per heavy atom. The number of hydrogen-bond donors (Lipinski definition) is 2. The van der Waals surface area contributed by atoms with Crippen LogP contribution in [0.25, 0.3) is 11.1 Å². The van der Waals surface area contributed by atoms with Crippen LogP contribution < -0.4 is 10.6 Å². The second-order valence-corrected chi connectivity index (χ2v) is 5.33. The lowest BCUT2D eigenvalue weighted by Crippen LogP contribution is -2.35. The zero-order chi connectivity index (χ0) is 17.2. The molecule has 0 spiro atoms. The maximum atomic E-state index is 13.3. The Balaban J connectivity index is 2.06. The lowest BCUT2D eigenvalue weighted by molar-refractivity contribution is -0.140. The van der Waals surface area contributed by atoms with E-state index < -0.39 is 17.8 Å². The molecule has 2 N–H and O–H groups in total. The minimum Gasteiger partial charge on any atom is -0.329 e. The second-order valence-electron chi connectivity index (χ2n) is 5.33. The van der Waals surface area contributed by atoms with E-state index >= 15 is 0 Å². The minimum absolute atomic E-state index is 0.0624. The summed E-state index contributed by atoms with van der Waals surface area (Å²) in [7, 11) is 0. The van der Waals surface area contributed by atoms with Gasteiger partial charge in [0.25, 0.3) is 5.91 Å². The summed E-state index contributed by atoms with van der Waals surface area (Å²) in [6, 6.07) is 9.28. The number of aromatic nitrogens is 1. The summed E-state index contributed by atoms with van der Waals surface area (Å²) in [6.07, 6.45) is -2.12. The number of carbonyl (C=O) groups excluding carboxylic acids is 1. The molecule has 1 saturated heterocycles. The summed E-state index contributed by atoms with van der Waals surface area (Å²) in [5.74, 6) is -0.596. The van der Waals surface area contributed by atoms with E-state index in [1.807, 2.05) is 0 Å². The van der Waals surface area contributed by atoms with Crippen molar-refractivity contribution in [2.75, 3.05) is 13.1 Å². The van der Waals surface area contributed by atoms with Gasteiger partial charge >= 0.3 is 6.18 Å². The Hall–Kier alpha value is -2.67. The average Bonchev–Trinajstić information content (AvgIpc) is 2.52. The van der Waals surface area contributed by atoms with Crippen LogP contribution >= 0.6 is 0 Å². The first kappa shape index (κ1) is 16.2. The number of rotatable bonds is 3. The molecule has 0 radical (unpaired) electrons. The first-order valence-corrected chi connectivity index (χ1v) is 7.28. The predicted octanol–water partition coefficient (Wildman–Crippen LogP) is 2.98. The molecule has 7 heteroatoms. The van der Waals surface area contributed by atoms with E-state index in [4.69, 9.17) is 0 Å². The fourth-order valence-electron chi connectivity index (χ4n) is 2.38. The van der Waals surface area contributed by atoms with Crippen molar-refractivity contribution in [2.45, 2.75) is 6.18 Å². The number of hydrogen-bond acceptors (Lipinski definition) is 3. The largest absolute Gasteiger partial charge is 0.433 e. The van der Waals surface area contributed by atoms with Gasteiger partial charge in [0.2, 0.25) is 0 Å². The molecular weight excluding hydrogens is 319 g/mol. The molecule has 2 aromatic rings. The average molecular weight is 333 g/mol. The highest BCUT2D eigenvalue weighted by Crippen LogP contribution is 2.37. The van der Waals surface area contributed by atoms with Gasteiger partial charge in [0.15, 0.2) is 5.69 Å². The highest BCUT2D eigenvalue weighted by atomic mass is 19.4. The fraction of sp³-hybridized carbons (Fsp3) is 0.176. The predicted molar refractivity (Wildman–Crippen MR) is 83.1 cm³/mol. The summed E-state index contributed by atoms with van der Waals surface area (Å²) in [5.41, 5.74) is -0.0732. The lowest BCUT2D eigenvalue weighted by atomic mass is 9.97. The molecule has 0 saturated carbocycles. The number of carbonyl (C=O) groups is 1. The van der Waals surface area contributed by atoms with Gasteiger partial charge < -0.3 is 10.6 Å². The van der Waals surface area contributed by atoms with Gasteiger partial charge in [-0.25, -0.2) is 0 Å². The van der Waals surface area contributed by atoms with Crippen LogP contribution in [0.15, 0.2) is 54.4 Å². The third kappa shape index (κ3) is 3.30. The van der Waals surface area contributed by atoms with Crippen molar-refractivity contribution in [3.05, 3.63) is 65.6 Å². The van der Waals surface area contributed by atoms with Gasteiger partial charge in [0.1, 0.15) is 0 Å². The summed E-state index contributed by atoms with van der Waals surface area (Å²) in [5, 5.41) is 5.57. The van der Waals surface area contributed by atoms with Crippen LogP contribution in [0.3, 0.4) is 0 Å². The van der Waals surface area contributed by atoms with E-state index in [9.17, 15) is 18.0 Å². The van der Waals surface area contributed by atoms with Crippen molar-refractivity contribution < 1.29 is 18.0 Å². The monoisotopic (exact) mass is 333 g/mol. The van der Waals surface area contributed by atoms with Crippen molar-refractivity contribution in [2.24, 2.45) is 0 Å². The molecule has 1 amide bonds. The van der Waals surface area contributed by atoms with E-state index in [1.54, 1.807) is 18.2 Å². The zero-order valence-corrected chi connectivity index (χ0v) is 12.5. The second kappa shape index (κ2) is 6.45. The third-order valence-corrected chi connectivity index (χ3v) is 3.64. The van der Waals surface area contributed by atoms with E-state index in [0.29, 0.717) is 18.7 Å². The Kier molecular flexibility index (Phi) is 4.35. The number of amides is 1. The molecule has 1 aliphatic heterocycles. The number of benzene rings is 1. The zero-order valence-electron chi connectivity index (χ0n) is 12.5. The van der Waals surface area contributed by atoms with Crippen molar-refractivity contribution in [3.63, 3.8) is 0 Å². The quantitative estimate of drug-likeness (QED) is 0.908. The van der Waals surface area contributed by atoms with Crippen molar-refractivity contribution in [3.8, 4) is 11.1 Å². The van der Waals surface area contributed by atoms with Crippen LogP contribution in [-0.2, 0) is 6.18 Å². The molecule has 1 aromatic heterocycles. The van der Waals surface area contributed by atoms with E-state index in [0.717, 1.165) is 11.8 Å². The topological polar surface area (TPSA) is 54.0 Å². The van der Waals surface area contributed by atoms with Gasteiger partial charge in [-0.05, 0) is 17.2 Å². The summed E-state index contributed by atoms with van der Waals surface area (Å²) in [6.45, 7) is 1.33. The molecule has 1 aromatic carbocycles. The molecule has 2 heterocycles. The number of nitrogens with zero attached hydrogens (tertiary/aromatic N) is 1. The Labute approximate surface area is 136 Å². The number of alkyl halides is 3. The number of halogens is 3. The van der Waals surface area contributed by atoms with E-state index in [-0.39, 0.29) is 11.1 Å². The molecule has 124 valence electrons. The lowest BCUT2D eigenvalue weighted by Gasteiger charge is -2.19. The van der Waals surface area contributed by atoms with E-state index in [2.05, 4.69) is 15.6 Å². The summed E-state index contributed by atoms with van der Waals surface area (Å²) >= 11 is 0. The van der Waals surface area contributed by atoms with Gasteiger partial charge in [-0.1, -0.05) is 30.3 Å². The standard InChI is InChI=1S/C17H14F3N3O/c18-17(19,20)15-14(12-4-2-1-3-5-12)13(6-7-22-15)16(24)23-10-11-8-21-9-11/h1-7,10,21H,8-9H2,(H,23,24). The Morgan fingerprint density at radius 3 is 2.46 bits per heavy atom. The molecule has 24 heavy (non-hydrogen) atoms. The fourth-order valence-corrected chi connectivity index (χ4v) is 2.38. The van der Waals surface area contributed by atoms with Gasteiger partial charge in [-0.15, -0.1) is 0 Å². The van der Waals surface area contributed by atoms with Crippen molar-refractivity contribution in [1.82, 2.24) is 15.6 Å². The smallest absolute Gasteiger partial charge is 0.329 e. The SMILES string of the molecule is O=C(NC=C1CNC1)c1ccnc(C(F)(F)F)c1-c1ccccc1. The number of pyridine rings is 1. The van der Waals surface area contributed by atoms with Crippen LogP contribution in [0.1, 0.15) is 16.1 Å². The molecule has 1 aliphatic rings. The van der Waals surface area contributed by atoms with Gasteiger partial charge in [-0.2, -0.15) is 13.2 Å². The van der Waals surface area contributed by atoms with Crippen molar-refractivity contribution in [1.29, 1.82) is 0 Å². The van der Waals surface area contributed by atoms with E-state index in [1.165, 1.54) is 24.4 Å². The van der Waals surface area contributed by atoms with Crippen LogP contribution in [0, 0.1) is 0 Å². The molecule has 0 atom stereocenters. The first-order valence-electron chi connectivity index (χ1n) is 7.28. The van der Waals surface area contributed by atoms with Crippen molar-refractivity contribution >= 4 is 5.91 Å². The normalized spacial score (nSPS) is 14.0. The minimum atomic E-state index is -4.65. The van der Waals surface area contributed by atoms with Crippen LogP contribution in [0.2, 0.25) is 0 Å². The summed E-state index contributed by atoms with van der Waals surface area (Å²) < 4.78 is 40.0. The van der Waals surface area contributed by atoms with Gasteiger partial charge in [0, 0.05) is 31.0 Å². The van der Waals surface area contributed by atoms with Gasteiger partial charge in [0.05, 0.1) is 5.56 Å². The maximum absolute atomic E-state index is 13.3. The molecule has 0 unspecified atom stereocenters. The Morgan fingerprint density at radius 2 is 1.88 bits per heavy atom. The Bertz CT molecular complexity index is 779. The molecule has 4 nitrogen and oxygen atoms in total. The molecule has 0 bridgehead atoms. The molecule has 3 rings (SSSR count). The highest BCUT2D eigenvalue weighted by molar-refractivity contribution is 6.01. The van der Waals surface area contributed by atoms with Crippen LogP contribution in [0.5, 0.6) is 0 Å². The third-order valence-electron chi connectivity index (χ3n) is 3.64. The summed E-state index contributed by atoms with van der Waals surface area (Å²) in [4.78, 5) is 15.9. The first-order chi connectivity index (χ1) is 11.5. The molecule has 1 fully saturated rings. The van der Waals surface area contributed by atoms with Crippen LogP contribution in [-0.4, -0.2) is 24.0 Å². The molecular formula is C17H14F3N3O. The van der Waals surface area contributed by atoms with Crippen LogP contribution in [0.4, 0.5) is 13.2 Å². The molecule has 0 aliphatic carbocycles.